The summed E-state index contributed by atoms with van der Waals surface area (Å²) in [5.74, 6) is -2.80. The van der Waals surface area contributed by atoms with Crippen LogP contribution in [0.2, 0.25) is 0 Å². The predicted octanol–water partition coefficient (Wildman–Crippen LogP) is 2.74. The first-order chi connectivity index (χ1) is 16.4. The van der Waals surface area contributed by atoms with Gasteiger partial charge in [0.05, 0.1) is 13.2 Å². The van der Waals surface area contributed by atoms with E-state index >= 15 is 0 Å². The Balaban J connectivity index is 1.55. The van der Waals surface area contributed by atoms with Crippen LogP contribution in [-0.4, -0.2) is 73.2 Å². The topological polar surface area (TPSA) is 138 Å². The van der Waals surface area contributed by atoms with Gasteiger partial charge in [0.25, 0.3) is 5.89 Å². The number of aromatic nitrogens is 2. The Morgan fingerprint density at radius 1 is 1.23 bits per heavy atom. The summed E-state index contributed by atoms with van der Waals surface area (Å²) in [5, 5.41) is 3.79. The van der Waals surface area contributed by atoms with Gasteiger partial charge in [0.15, 0.2) is 15.6 Å². The molecule has 2 aromatic rings. The van der Waals surface area contributed by atoms with Gasteiger partial charge in [-0.05, 0) is 51.8 Å². The van der Waals surface area contributed by atoms with Crippen LogP contribution in [0.5, 0.6) is 0 Å². The van der Waals surface area contributed by atoms with Gasteiger partial charge in [-0.3, -0.25) is 4.79 Å². The number of carbonyl (C=O) groups is 2. The molecule has 1 saturated heterocycles. The fourth-order valence-electron chi connectivity index (χ4n) is 3.34. The summed E-state index contributed by atoms with van der Waals surface area (Å²) >= 11 is 0. The molecule has 13 heteroatoms. The van der Waals surface area contributed by atoms with Crippen molar-refractivity contribution in [2.45, 2.75) is 56.8 Å². The number of esters is 1. The van der Waals surface area contributed by atoms with E-state index in [4.69, 9.17) is 14.0 Å². The minimum atomic E-state index is -4.20. The Bertz CT molecular complexity index is 1170. The Morgan fingerprint density at radius 3 is 2.51 bits per heavy atom. The van der Waals surface area contributed by atoms with Crippen LogP contribution < -0.4 is 0 Å². The quantitative estimate of drug-likeness (QED) is 0.508. The summed E-state index contributed by atoms with van der Waals surface area (Å²) in [4.78, 5) is 28.6. The van der Waals surface area contributed by atoms with Crippen molar-refractivity contribution >= 4 is 21.9 Å². The molecule has 1 fully saturated rings. The molecule has 35 heavy (non-hydrogen) atoms. The van der Waals surface area contributed by atoms with Crippen molar-refractivity contribution in [1.82, 2.24) is 15.0 Å². The van der Waals surface area contributed by atoms with E-state index in [0.717, 1.165) is 19.2 Å². The average Bonchev–Trinajstić information content (AvgIpc) is 3.25. The SMILES string of the molecule is COC(=O)CS(=O)(=O)c1ccc(-c2noc(COC3CCN(C(=O)OC(C)(C)C)CC3)n2)cc1F. The molecule has 11 nitrogen and oxygen atoms in total. The van der Waals surface area contributed by atoms with Crippen LogP contribution in [0.25, 0.3) is 11.4 Å². The number of hydrogen-bond donors (Lipinski definition) is 0. The zero-order chi connectivity index (χ0) is 25.8. The summed E-state index contributed by atoms with van der Waals surface area (Å²) in [6.45, 7) is 6.47. The van der Waals surface area contributed by atoms with Crippen molar-refractivity contribution in [2.75, 3.05) is 26.0 Å². The van der Waals surface area contributed by atoms with Gasteiger partial charge in [-0.15, -0.1) is 0 Å². The molecule has 1 aromatic heterocycles. The van der Waals surface area contributed by atoms with Gasteiger partial charge in [0.1, 0.15) is 22.9 Å². The Morgan fingerprint density at radius 2 is 1.91 bits per heavy atom. The molecule has 1 aromatic carbocycles. The van der Waals surface area contributed by atoms with E-state index in [1.165, 1.54) is 6.07 Å². The second-order valence-corrected chi connectivity index (χ2v) is 10.9. The molecule has 0 radical (unpaired) electrons. The Hall–Kier alpha value is -3.06. The molecular weight excluding hydrogens is 485 g/mol. The van der Waals surface area contributed by atoms with Crippen molar-refractivity contribution in [3.63, 3.8) is 0 Å². The Labute approximate surface area is 202 Å². The number of piperidine rings is 1. The maximum atomic E-state index is 14.5. The summed E-state index contributed by atoms with van der Waals surface area (Å²) < 4.78 is 59.5. The zero-order valence-corrected chi connectivity index (χ0v) is 20.8. The van der Waals surface area contributed by atoms with Gasteiger partial charge in [0, 0.05) is 18.7 Å². The molecule has 0 N–H and O–H groups in total. The van der Waals surface area contributed by atoms with Gasteiger partial charge in [-0.2, -0.15) is 4.98 Å². The van der Waals surface area contributed by atoms with Crippen LogP contribution in [0.3, 0.4) is 0 Å². The van der Waals surface area contributed by atoms with E-state index in [-0.39, 0.29) is 36.1 Å². The zero-order valence-electron chi connectivity index (χ0n) is 19.9. The summed E-state index contributed by atoms with van der Waals surface area (Å²) in [7, 11) is -3.16. The molecule has 0 bridgehead atoms. The Kier molecular flexibility index (Phi) is 8.11. The maximum absolute atomic E-state index is 14.5. The first-order valence-corrected chi connectivity index (χ1v) is 12.5. The van der Waals surface area contributed by atoms with Crippen molar-refractivity contribution < 1.29 is 41.1 Å². The predicted molar refractivity (Wildman–Crippen MR) is 119 cm³/mol. The lowest BCUT2D eigenvalue weighted by Crippen LogP contribution is -2.43. The standard InChI is InChI=1S/C22H28FN3O8S/c1-22(2,3)33-21(28)26-9-7-15(8-10-26)32-12-18-24-20(25-34-18)14-5-6-17(16(23)11-14)35(29,30)13-19(27)31-4/h5-6,11,15H,7-10,12-13H2,1-4H3. The van der Waals surface area contributed by atoms with Gasteiger partial charge in [-0.1, -0.05) is 5.16 Å². The minimum Gasteiger partial charge on any atom is -0.468 e. The van der Waals surface area contributed by atoms with Gasteiger partial charge >= 0.3 is 12.1 Å². The van der Waals surface area contributed by atoms with Crippen LogP contribution in [0, 0.1) is 5.82 Å². The summed E-state index contributed by atoms with van der Waals surface area (Å²) in [6, 6.07) is 3.30. The van der Waals surface area contributed by atoms with E-state index in [9.17, 15) is 22.4 Å². The fourth-order valence-corrected chi connectivity index (χ4v) is 4.55. The van der Waals surface area contributed by atoms with Crippen molar-refractivity contribution in [3.05, 3.63) is 29.9 Å². The van der Waals surface area contributed by atoms with Crippen molar-refractivity contribution in [1.29, 1.82) is 0 Å². The molecule has 0 aliphatic carbocycles. The van der Waals surface area contributed by atoms with E-state index in [0.29, 0.717) is 25.9 Å². The average molecular weight is 514 g/mol. The van der Waals surface area contributed by atoms with Crippen molar-refractivity contribution in [3.8, 4) is 11.4 Å². The third-order valence-corrected chi connectivity index (χ3v) is 6.68. The van der Waals surface area contributed by atoms with E-state index in [1.807, 2.05) is 20.8 Å². The second-order valence-electron chi connectivity index (χ2n) is 8.97. The number of nitrogens with zero attached hydrogens (tertiary/aromatic N) is 3. The monoisotopic (exact) mass is 513 g/mol. The van der Waals surface area contributed by atoms with Gasteiger partial charge in [-0.25, -0.2) is 17.6 Å². The van der Waals surface area contributed by atoms with Gasteiger partial charge in [0.2, 0.25) is 5.82 Å². The highest BCUT2D eigenvalue weighted by Gasteiger charge is 2.28. The number of methoxy groups -OCH3 is 1. The van der Waals surface area contributed by atoms with E-state index in [1.54, 1.807) is 4.90 Å². The van der Waals surface area contributed by atoms with Crippen LogP contribution >= 0.6 is 0 Å². The maximum Gasteiger partial charge on any atom is 0.410 e. The summed E-state index contributed by atoms with van der Waals surface area (Å²) in [5.41, 5.74) is -0.360. The number of halogens is 1. The molecule has 0 saturated carbocycles. The number of amides is 1. The van der Waals surface area contributed by atoms with Gasteiger partial charge < -0.3 is 23.6 Å². The summed E-state index contributed by atoms with van der Waals surface area (Å²) in [6.07, 6.45) is 0.773. The molecule has 1 aliphatic heterocycles. The number of rotatable bonds is 7. The lowest BCUT2D eigenvalue weighted by atomic mass is 10.1. The fraction of sp³-hybridized carbons (Fsp3) is 0.545. The lowest BCUT2D eigenvalue weighted by molar-refractivity contribution is -0.137. The molecule has 1 aliphatic rings. The molecule has 0 unspecified atom stereocenters. The number of ether oxygens (including phenoxy) is 3. The van der Waals surface area contributed by atoms with Crippen LogP contribution in [-0.2, 0) is 35.4 Å². The molecule has 2 heterocycles. The molecule has 0 atom stereocenters. The van der Waals surface area contributed by atoms with E-state index < -0.39 is 37.9 Å². The van der Waals surface area contributed by atoms with Crippen LogP contribution in [0.1, 0.15) is 39.5 Å². The molecule has 1 amide bonds. The molecule has 192 valence electrons. The lowest BCUT2D eigenvalue weighted by Gasteiger charge is -2.33. The minimum absolute atomic E-state index is 0.0260. The molecular formula is C22H28FN3O8S. The molecule has 3 rings (SSSR count). The third kappa shape index (κ3) is 7.21. The van der Waals surface area contributed by atoms with Crippen LogP contribution in [0.4, 0.5) is 9.18 Å². The largest absolute Gasteiger partial charge is 0.468 e. The second kappa shape index (κ2) is 10.7. The van der Waals surface area contributed by atoms with E-state index in [2.05, 4.69) is 14.9 Å². The first-order valence-electron chi connectivity index (χ1n) is 10.9. The highest BCUT2D eigenvalue weighted by atomic mass is 32.2. The first kappa shape index (κ1) is 26.5. The third-order valence-electron chi connectivity index (χ3n) is 5.06. The van der Waals surface area contributed by atoms with Crippen molar-refractivity contribution in [2.24, 2.45) is 0 Å². The smallest absolute Gasteiger partial charge is 0.410 e. The highest BCUT2D eigenvalue weighted by molar-refractivity contribution is 7.92. The highest BCUT2D eigenvalue weighted by Crippen LogP contribution is 2.24. The number of hydrogen-bond acceptors (Lipinski definition) is 10. The van der Waals surface area contributed by atoms with Crippen LogP contribution in [0.15, 0.2) is 27.6 Å². The number of benzene rings is 1. The number of likely N-dealkylation sites (tertiary alicyclic amines) is 1. The molecule has 0 spiro atoms. The number of sulfone groups is 1. The normalized spacial score (nSPS) is 15.2. The number of carbonyl (C=O) groups excluding carboxylic acids is 2.